The van der Waals surface area contributed by atoms with Gasteiger partial charge in [0, 0.05) is 13.6 Å². The molecule has 17 heavy (non-hydrogen) atoms. The Morgan fingerprint density at radius 2 is 2.24 bits per heavy atom. The van der Waals surface area contributed by atoms with E-state index in [1.807, 2.05) is 11.6 Å². The number of likely N-dealkylation sites (N-methyl/N-ethyl adjacent to an activating group) is 1. The molecule has 1 amide bonds. The Kier molecular flexibility index (Phi) is 4.37. The van der Waals surface area contributed by atoms with Crippen molar-refractivity contribution in [2.24, 2.45) is 0 Å². The Morgan fingerprint density at radius 1 is 1.59 bits per heavy atom. The number of amides is 1. The number of carbonyl (C=O) groups is 1. The van der Waals surface area contributed by atoms with E-state index < -0.39 is 0 Å². The molecule has 6 heteroatoms. The van der Waals surface area contributed by atoms with E-state index in [-0.39, 0.29) is 11.9 Å². The number of rotatable bonds is 5. The summed E-state index contributed by atoms with van der Waals surface area (Å²) >= 11 is 0. The van der Waals surface area contributed by atoms with Gasteiger partial charge in [-0.25, -0.2) is 4.68 Å². The Bertz CT molecular complexity index is 399. The average molecular weight is 239 g/mol. The highest BCUT2D eigenvalue weighted by Gasteiger charge is 2.17. The molecule has 0 saturated carbocycles. The first-order chi connectivity index (χ1) is 8.01. The Labute approximate surface area is 102 Å². The first-order valence-corrected chi connectivity index (χ1v) is 5.82. The summed E-state index contributed by atoms with van der Waals surface area (Å²) < 4.78 is 1.81. The monoisotopic (exact) mass is 239 g/mol. The van der Waals surface area contributed by atoms with Crippen molar-refractivity contribution < 1.29 is 4.79 Å². The summed E-state index contributed by atoms with van der Waals surface area (Å²) in [5.41, 5.74) is 7.33. The average Bonchev–Trinajstić information content (AvgIpc) is 2.56. The largest absolute Gasteiger partial charge is 0.394 e. The summed E-state index contributed by atoms with van der Waals surface area (Å²) in [4.78, 5) is 11.5. The number of carbonyl (C=O) groups excluding carboxylic acids is 1. The second-order valence-corrected chi connectivity index (χ2v) is 4.05. The summed E-state index contributed by atoms with van der Waals surface area (Å²) in [6, 6.07) is -0.339. The summed E-state index contributed by atoms with van der Waals surface area (Å²) in [6.45, 7) is 6.49. The van der Waals surface area contributed by atoms with Crippen LogP contribution in [0.25, 0.3) is 0 Å². The Hall–Kier alpha value is -1.72. The lowest BCUT2D eigenvalue weighted by Crippen LogP contribution is -2.36. The molecule has 4 N–H and O–H groups in total. The second-order valence-electron chi connectivity index (χ2n) is 4.05. The minimum absolute atomic E-state index is 0.0775. The fourth-order valence-corrected chi connectivity index (χ4v) is 1.61. The van der Waals surface area contributed by atoms with Gasteiger partial charge in [-0.2, -0.15) is 5.10 Å². The van der Waals surface area contributed by atoms with Crippen molar-refractivity contribution in [2.75, 3.05) is 18.1 Å². The number of nitrogens with one attached hydrogen (secondary N) is 2. The van der Waals surface area contributed by atoms with Gasteiger partial charge in [-0.05, 0) is 20.3 Å². The van der Waals surface area contributed by atoms with Crippen LogP contribution >= 0.6 is 0 Å². The lowest BCUT2D eigenvalue weighted by atomic mass is 10.3. The predicted molar refractivity (Wildman–Crippen MR) is 68.8 cm³/mol. The number of hydrogen-bond acceptors (Lipinski definition) is 4. The lowest BCUT2D eigenvalue weighted by Gasteiger charge is -2.15. The SMILES string of the molecule is CCCn1nc(C)c(N)c1NC(C)C(=O)NC. The van der Waals surface area contributed by atoms with Crippen molar-refractivity contribution in [1.82, 2.24) is 15.1 Å². The molecular weight excluding hydrogens is 218 g/mol. The molecule has 6 nitrogen and oxygen atoms in total. The number of nitrogens with two attached hydrogens (primary N) is 1. The van der Waals surface area contributed by atoms with Crippen LogP contribution in [0.1, 0.15) is 26.0 Å². The zero-order valence-electron chi connectivity index (χ0n) is 10.9. The number of nitrogens with zero attached hydrogens (tertiary/aromatic N) is 2. The molecule has 1 aromatic heterocycles. The van der Waals surface area contributed by atoms with E-state index in [9.17, 15) is 4.79 Å². The summed E-state index contributed by atoms with van der Waals surface area (Å²) in [5.74, 6) is 0.645. The molecule has 0 aliphatic rings. The van der Waals surface area contributed by atoms with Crippen LogP contribution in [0, 0.1) is 6.92 Å². The molecule has 0 spiro atoms. The number of nitrogen functional groups attached to an aromatic ring is 1. The fraction of sp³-hybridized carbons (Fsp3) is 0.636. The lowest BCUT2D eigenvalue weighted by molar-refractivity contribution is -0.121. The van der Waals surface area contributed by atoms with Crippen LogP contribution in [-0.4, -0.2) is 28.8 Å². The van der Waals surface area contributed by atoms with Crippen molar-refractivity contribution in [3.63, 3.8) is 0 Å². The van der Waals surface area contributed by atoms with Gasteiger partial charge < -0.3 is 16.4 Å². The number of aromatic nitrogens is 2. The van der Waals surface area contributed by atoms with E-state index in [1.165, 1.54) is 0 Å². The topological polar surface area (TPSA) is 85.0 Å². The summed E-state index contributed by atoms with van der Waals surface area (Å²) in [7, 11) is 1.61. The number of anilines is 2. The molecule has 0 radical (unpaired) electrons. The first-order valence-electron chi connectivity index (χ1n) is 5.82. The third kappa shape index (κ3) is 2.89. The highest BCUT2D eigenvalue weighted by Crippen LogP contribution is 2.23. The molecule has 96 valence electrons. The van der Waals surface area contributed by atoms with E-state index in [1.54, 1.807) is 14.0 Å². The van der Waals surface area contributed by atoms with Crippen molar-refractivity contribution in [3.05, 3.63) is 5.69 Å². The van der Waals surface area contributed by atoms with Crippen LogP contribution < -0.4 is 16.4 Å². The van der Waals surface area contributed by atoms with Crippen LogP contribution in [0.4, 0.5) is 11.5 Å². The van der Waals surface area contributed by atoms with Crippen molar-refractivity contribution in [1.29, 1.82) is 0 Å². The second kappa shape index (κ2) is 5.56. The third-order valence-corrected chi connectivity index (χ3v) is 2.60. The van der Waals surface area contributed by atoms with Crippen LogP contribution in [0.2, 0.25) is 0 Å². The molecule has 1 unspecified atom stereocenters. The fourth-order valence-electron chi connectivity index (χ4n) is 1.61. The van der Waals surface area contributed by atoms with Gasteiger partial charge in [-0.15, -0.1) is 0 Å². The molecule has 0 fully saturated rings. The van der Waals surface area contributed by atoms with Crippen LogP contribution in [0.5, 0.6) is 0 Å². The van der Waals surface area contributed by atoms with Crippen LogP contribution in [0.15, 0.2) is 0 Å². The maximum atomic E-state index is 11.5. The molecule has 1 aromatic rings. The van der Waals surface area contributed by atoms with Crippen molar-refractivity contribution >= 4 is 17.4 Å². The third-order valence-electron chi connectivity index (χ3n) is 2.60. The Balaban J connectivity index is 2.92. The molecule has 0 bridgehead atoms. The van der Waals surface area contributed by atoms with E-state index in [0.717, 1.165) is 24.5 Å². The quantitative estimate of drug-likeness (QED) is 0.707. The normalized spacial score (nSPS) is 12.2. The predicted octanol–water partition coefficient (Wildman–Crippen LogP) is 0.730. The Morgan fingerprint density at radius 3 is 2.76 bits per heavy atom. The van der Waals surface area contributed by atoms with E-state index in [4.69, 9.17) is 5.73 Å². The number of hydrogen-bond donors (Lipinski definition) is 3. The molecule has 0 aliphatic carbocycles. The standard InChI is InChI=1S/C11H21N5O/c1-5-6-16-10(9(12)7(2)15-16)14-8(3)11(17)13-4/h8,14H,5-6,12H2,1-4H3,(H,13,17). The zero-order valence-corrected chi connectivity index (χ0v) is 10.9. The van der Waals surface area contributed by atoms with Gasteiger partial charge in [-0.3, -0.25) is 4.79 Å². The van der Waals surface area contributed by atoms with Crippen LogP contribution in [0.3, 0.4) is 0 Å². The molecule has 0 aromatic carbocycles. The smallest absolute Gasteiger partial charge is 0.241 e. The van der Waals surface area contributed by atoms with Crippen LogP contribution in [-0.2, 0) is 11.3 Å². The molecule has 1 heterocycles. The zero-order chi connectivity index (χ0) is 13.0. The summed E-state index contributed by atoms with van der Waals surface area (Å²) in [5, 5.41) is 10.0. The van der Waals surface area contributed by atoms with E-state index in [2.05, 4.69) is 22.7 Å². The van der Waals surface area contributed by atoms with Gasteiger partial charge >= 0.3 is 0 Å². The molecular formula is C11H21N5O. The van der Waals surface area contributed by atoms with Gasteiger partial charge in [0.05, 0.1) is 11.4 Å². The maximum Gasteiger partial charge on any atom is 0.241 e. The molecule has 0 saturated heterocycles. The van der Waals surface area contributed by atoms with Crippen molar-refractivity contribution in [3.8, 4) is 0 Å². The molecule has 1 atom stereocenters. The van der Waals surface area contributed by atoms with Gasteiger partial charge in [-0.1, -0.05) is 6.92 Å². The van der Waals surface area contributed by atoms with Gasteiger partial charge in [0.15, 0.2) is 0 Å². The highest BCUT2D eigenvalue weighted by molar-refractivity contribution is 5.84. The van der Waals surface area contributed by atoms with Crippen molar-refractivity contribution in [2.45, 2.75) is 39.8 Å². The summed E-state index contributed by atoms with van der Waals surface area (Å²) in [6.07, 6.45) is 0.962. The minimum Gasteiger partial charge on any atom is -0.394 e. The van der Waals surface area contributed by atoms with E-state index >= 15 is 0 Å². The highest BCUT2D eigenvalue weighted by atomic mass is 16.2. The van der Waals surface area contributed by atoms with Gasteiger partial charge in [0.1, 0.15) is 11.9 Å². The van der Waals surface area contributed by atoms with Gasteiger partial charge in [0.2, 0.25) is 5.91 Å². The van der Waals surface area contributed by atoms with Gasteiger partial charge in [0.25, 0.3) is 0 Å². The maximum absolute atomic E-state index is 11.5. The first kappa shape index (κ1) is 13.3. The number of aryl methyl sites for hydroxylation is 2. The molecule has 0 aliphatic heterocycles. The molecule has 1 rings (SSSR count). The van der Waals surface area contributed by atoms with E-state index in [0.29, 0.717) is 5.69 Å². The minimum atomic E-state index is -0.339.